The van der Waals surface area contributed by atoms with Crippen molar-refractivity contribution in [2.24, 2.45) is 0 Å². The number of carbonyl (C=O) groups is 2. The molecule has 1 aromatic rings. The van der Waals surface area contributed by atoms with Crippen LogP contribution in [-0.4, -0.2) is 37.3 Å². The van der Waals surface area contributed by atoms with Crippen LogP contribution in [0.5, 0.6) is 0 Å². The summed E-state index contributed by atoms with van der Waals surface area (Å²) >= 11 is 0. The van der Waals surface area contributed by atoms with Crippen molar-refractivity contribution in [3.05, 3.63) is 35.9 Å². The molecule has 27 heavy (non-hydrogen) atoms. The molecule has 0 saturated heterocycles. The predicted molar refractivity (Wildman–Crippen MR) is 108 cm³/mol. The molecule has 1 rings (SSSR count). The van der Waals surface area contributed by atoms with Crippen LogP contribution >= 0.6 is 7.37 Å². The highest BCUT2D eigenvalue weighted by atomic mass is 31.2. The summed E-state index contributed by atoms with van der Waals surface area (Å²) in [5, 5.41) is 0. The summed E-state index contributed by atoms with van der Waals surface area (Å²) in [7, 11) is -2.06. The maximum absolute atomic E-state index is 13.5. The highest BCUT2D eigenvalue weighted by Gasteiger charge is 2.37. The Morgan fingerprint density at radius 3 is 2.41 bits per heavy atom. The first kappa shape index (κ1) is 23.6. The SMILES string of the molecule is CCCCCC(=O)CC(CCc1ccccc1)P(=O)(CC(=O)OC)OCC. The number of esters is 1. The van der Waals surface area contributed by atoms with E-state index < -0.39 is 19.0 Å². The van der Waals surface area contributed by atoms with E-state index in [1.807, 2.05) is 30.3 Å². The molecule has 6 heteroatoms. The Balaban J connectivity index is 2.92. The summed E-state index contributed by atoms with van der Waals surface area (Å²) in [6.45, 7) is 4.08. The fourth-order valence-corrected chi connectivity index (χ4v) is 5.59. The highest BCUT2D eigenvalue weighted by Crippen LogP contribution is 2.54. The number of hydrogen-bond donors (Lipinski definition) is 0. The minimum atomic E-state index is -3.33. The number of aryl methyl sites for hydroxylation is 1. The number of benzene rings is 1. The molecule has 5 nitrogen and oxygen atoms in total. The van der Waals surface area contributed by atoms with Crippen molar-refractivity contribution < 1.29 is 23.4 Å². The molecule has 0 aliphatic heterocycles. The Kier molecular flexibility index (Phi) is 11.2. The largest absolute Gasteiger partial charge is 0.469 e. The monoisotopic (exact) mass is 396 g/mol. The van der Waals surface area contributed by atoms with Gasteiger partial charge in [-0.1, -0.05) is 50.1 Å². The maximum atomic E-state index is 13.5. The molecular formula is C21H33O5P. The lowest BCUT2D eigenvalue weighted by Crippen LogP contribution is -2.22. The van der Waals surface area contributed by atoms with Crippen LogP contribution in [0.2, 0.25) is 0 Å². The van der Waals surface area contributed by atoms with Gasteiger partial charge in [0.15, 0.2) is 0 Å². The summed E-state index contributed by atoms with van der Waals surface area (Å²) in [6, 6.07) is 9.87. The van der Waals surface area contributed by atoms with Crippen molar-refractivity contribution in [3.63, 3.8) is 0 Å². The smallest absolute Gasteiger partial charge is 0.315 e. The van der Waals surface area contributed by atoms with Gasteiger partial charge in [-0.05, 0) is 31.7 Å². The molecule has 0 saturated carbocycles. The molecule has 0 heterocycles. The second kappa shape index (κ2) is 12.9. The predicted octanol–water partition coefficient (Wildman–Crippen LogP) is 5.01. The topological polar surface area (TPSA) is 69.7 Å². The number of unbranched alkanes of at least 4 members (excludes halogenated alkanes) is 2. The van der Waals surface area contributed by atoms with Crippen LogP contribution in [0.1, 0.15) is 57.9 Å². The van der Waals surface area contributed by atoms with E-state index in [2.05, 4.69) is 6.92 Å². The van der Waals surface area contributed by atoms with Crippen molar-refractivity contribution in [1.82, 2.24) is 0 Å². The third-order valence-electron chi connectivity index (χ3n) is 4.61. The highest BCUT2D eigenvalue weighted by molar-refractivity contribution is 7.60. The molecular weight excluding hydrogens is 363 g/mol. The summed E-state index contributed by atoms with van der Waals surface area (Å²) in [5.41, 5.74) is 0.646. The van der Waals surface area contributed by atoms with Crippen molar-refractivity contribution >= 4 is 19.1 Å². The third kappa shape index (κ3) is 8.85. The Morgan fingerprint density at radius 2 is 1.81 bits per heavy atom. The third-order valence-corrected chi connectivity index (χ3v) is 7.56. The van der Waals surface area contributed by atoms with Crippen LogP contribution in [0, 0.1) is 0 Å². The van der Waals surface area contributed by atoms with Crippen molar-refractivity contribution in [2.75, 3.05) is 19.9 Å². The number of methoxy groups -OCH3 is 1. The molecule has 0 fully saturated rings. The van der Waals surface area contributed by atoms with Gasteiger partial charge in [-0.15, -0.1) is 0 Å². The number of hydrogen-bond acceptors (Lipinski definition) is 5. The molecule has 0 amide bonds. The van der Waals surface area contributed by atoms with E-state index in [-0.39, 0.29) is 25.0 Å². The molecule has 152 valence electrons. The van der Waals surface area contributed by atoms with E-state index in [0.717, 1.165) is 24.8 Å². The Labute approximate surface area is 163 Å². The van der Waals surface area contributed by atoms with Gasteiger partial charge >= 0.3 is 5.97 Å². The Bertz CT molecular complexity index is 614. The first-order valence-electron chi connectivity index (χ1n) is 9.80. The normalized spacial score (nSPS) is 14.3. The van der Waals surface area contributed by atoms with Crippen LogP contribution in [0.3, 0.4) is 0 Å². The molecule has 2 atom stereocenters. The average Bonchev–Trinajstić information content (AvgIpc) is 2.66. The van der Waals surface area contributed by atoms with E-state index in [1.54, 1.807) is 6.92 Å². The quantitative estimate of drug-likeness (QED) is 0.251. The molecule has 0 N–H and O–H groups in total. The zero-order chi connectivity index (χ0) is 20.1. The summed E-state index contributed by atoms with van der Waals surface area (Å²) in [4.78, 5) is 24.3. The van der Waals surface area contributed by atoms with Gasteiger partial charge < -0.3 is 9.26 Å². The van der Waals surface area contributed by atoms with E-state index in [9.17, 15) is 14.2 Å². The van der Waals surface area contributed by atoms with E-state index in [4.69, 9.17) is 9.26 Å². The second-order valence-corrected chi connectivity index (χ2v) is 9.51. The lowest BCUT2D eigenvalue weighted by Gasteiger charge is -2.26. The van der Waals surface area contributed by atoms with E-state index in [1.165, 1.54) is 7.11 Å². The Morgan fingerprint density at radius 1 is 1.11 bits per heavy atom. The zero-order valence-electron chi connectivity index (χ0n) is 16.8. The minimum Gasteiger partial charge on any atom is -0.469 e. The minimum absolute atomic E-state index is 0.0892. The molecule has 2 unspecified atom stereocenters. The second-order valence-electron chi connectivity index (χ2n) is 6.76. The lowest BCUT2D eigenvalue weighted by atomic mass is 10.0. The van der Waals surface area contributed by atoms with Crippen molar-refractivity contribution in [3.8, 4) is 0 Å². The molecule has 0 radical (unpaired) electrons. The standard InChI is InChI=1S/C21H33O5P/c1-4-6-8-13-19(22)16-20(15-14-18-11-9-7-10-12-18)27(24,26-5-2)17-21(23)25-3/h7,9-12,20H,4-6,8,13-17H2,1-3H3. The number of carbonyl (C=O) groups excluding carboxylic acids is 2. The first-order valence-corrected chi connectivity index (χ1v) is 11.7. The van der Waals surface area contributed by atoms with Gasteiger partial charge in [-0.2, -0.15) is 0 Å². The van der Waals surface area contributed by atoms with Gasteiger partial charge in [0.25, 0.3) is 0 Å². The van der Waals surface area contributed by atoms with Gasteiger partial charge in [0.1, 0.15) is 11.9 Å². The van der Waals surface area contributed by atoms with Gasteiger partial charge in [0.05, 0.1) is 13.7 Å². The van der Waals surface area contributed by atoms with Crippen LogP contribution < -0.4 is 0 Å². The van der Waals surface area contributed by atoms with Crippen molar-refractivity contribution in [1.29, 1.82) is 0 Å². The maximum Gasteiger partial charge on any atom is 0.315 e. The summed E-state index contributed by atoms with van der Waals surface area (Å²) in [6.07, 6.45) is 4.51. The van der Waals surface area contributed by atoms with E-state index >= 15 is 0 Å². The fourth-order valence-electron chi connectivity index (χ4n) is 3.10. The van der Waals surface area contributed by atoms with Crippen LogP contribution in [0.25, 0.3) is 0 Å². The molecule has 1 aromatic carbocycles. The molecule has 0 aliphatic carbocycles. The molecule has 0 aromatic heterocycles. The average molecular weight is 396 g/mol. The summed E-state index contributed by atoms with van der Waals surface area (Å²) in [5.74, 6) is -0.471. The zero-order valence-corrected chi connectivity index (χ0v) is 17.7. The number of ether oxygens (including phenoxy) is 1. The van der Waals surface area contributed by atoms with Gasteiger partial charge in [-0.25, -0.2) is 0 Å². The van der Waals surface area contributed by atoms with E-state index in [0.29, 0.717) is 19.3 Å². The summed E-state index contributed by atoms with van der Waals surface area (Å²) < 4.78 is 23.8. The van der Waals surface area contributed by atoms with Crippen molar-refractivity contribution in [2.45, 2.75) is 64.5 Å². The number of rotatable bonds is 14. The lowest BCUT2D eigenvalue weighted by molar-refractivity contribution is -0.137. The number of Topliss-reactive ketones (excluding diaryl/α,β-unsaturated/α-hetero) is 1. The fraction of sp³-hybridized carbons (Fsp3) is 0.619. The van der Waals surface area contributed by atoms with Crippen LogP contribution in [0.4, 0.5) is 0 Å². The first-order chi connectivity index (χ1) is 12.9. The molecule has 0 bridgehead atoms. The van der Waals surface area contributed by atoms with Gasteiger partial charge in [-0.3, -0.25) is 14.2 Å². The molecule has 0 spiro atoms. The van der Waals surface area contributed by atoms with Gasteiger partial charge in [0, 0.05) is 18.5 Å². The number of ketones is 1. The van der Waals surface area contributed by atoms with Crippen LogP contribution in [0.15, 0.2) is 30.3 Å². The van der Waals surface area contributed by atoms with Gasteiger partial charge in [0.2, 0.25) is 7.37 Å². The Hall–Kier alpha value is -1.45. The molecule has 0 aliphatic rings. The van der Waals surface area contributed by atoms with Crippen LogP contribution in [-0.2, 0) is 29.8 Å².